The van der Waals surface area contributed by atoms with Crippen molar-refractivity contribution in [1.29, 1.82) is 5.26 Å². The van der Waals surface area contributed by atoms with Crippen LogP contribution in [0.1, 0.15) is 41.0 Å². The van der Waals surface area contributed by atoms with Crippen LogP contribution in [0, 0.1) is 17.2 Å². The number of hydrogen-bond donors (Lipinski definition) is 1. The van der Waals surface area contributed by atoms with Gasteiger partial charge in [-0.15, -0.1) is 0 Å². The first-order valence-corrected chi connectivity index (χ1v) is 12.4. The zero-order valence-corrected chi connectivity index (χ0v) is 20.0. The Morgan fingerprint density at radius 3 is 2.49 bits per heavy atom. The van der Waals surface area contributed by atoms with Crippen LogP contribution in [0.3, 0.4) is 0 Å². The van der Waals surface area contributed by atoms with E-state index >= 15 is 0 Å². The minimum absolute atomic E-state index is 0.00442. The van der Waals surface area contributed by atoms with Crippen molar-refractivity contribution in [3.05, 3.63) is 58.8 Å². The van der Waals surface area contributed by atoms with Crippen molar-refractivity contribution in [2.24, 2.45) is 5.92 Å². The number of nitrogens with zero attached hydrogens (tertiary/aromatic N) is 3. The van der Waals surface area contributed by atoms with Gasteiger partial charge >= 0.3 is 11.9 Å². The lowest BCUT2D eigenvalue weighted by Crippen LogP contribution is -2.55. The number of amides is 1. The van der Waals surface area contributed by atoms with Crippen LogP contribution in [0.2, 0.25) is 0 Å². The zero-order valence-electron chi connectivity index (χ0n) is 19.2. The molecule has 0 radical (unpaired) electrons. The highest BCUT2D eigenvalue weighted by Gasteiger charge is 2.37. The summed E-state index contributed by atoms with van der Waals surface area (Å²) in [5, 5.41) is 9.59. The van der Waals surface area contributed by atoms with Gasteiger partial charge in [-0.05, 0) is 18.6 Å². The maximum absolute atomic E-state index is 12.5. The van der Waals surface area contributed by atoms with Crippen LogP contribution in [-0.2, 0) is 41.4 Å². The van der Waals surface area contributed by atoms with E-state index in [0.29, 0.717) is 5.56 Å². The molecular formula is C23H24N4O7S. The third-order valence-corrected chi connectivity index (χ3v) is 6.34. The summed E-state index contributed by atoms with van der Waals surface area (Å²) in [7, 11) is -3.88. The third kappa shape index (κ3) is 6.54. The Hall–Kier alpha value is -3.98. The Morgan fingerprint density at radius 1 is 1.20 bits per heavy atom. The van der Waals surface area contributed by atoms with E-state index in [0.717, 1.165) is 0 Å². The van der Waals surface area contributed by atoms with Gasteiger partial charge in [0.05, 0.1) is 35.1 Å². The molecule has 1 fully saturated rings. The number of rotatable bonds is 9. The highest BCUT2D eigenvalue weighted by atomic mass is 32.2. The normalized spacial score (nSPS) is 13.3. The van der Waals surface area contributed by atoms with E-state index in [1.54, 1.807) is 42.2 Å². The van der Waals surface area contributed by atoms with E-state index in [-0.39, 0.29) is 54.7 Å². The predicted molar refractivity (Wildman–Crippen MR) is 123 cm³/mol. The van der Waals surface area contributed by atoms with Gasteiger partial charge in [-0.2, -0.15) is 5.26 Å². The summed E-state index contributed by atoms with van der Waals surface area (Å²) < 4.78 is 36.8. The molecule has 0 spiro atoms. The lowest BCUT2D eigenvalue weighted by molar-refractivity contribution is -0.142. The molecule has 1 aromatic heterocycles. The minimum atomic E-state index is -3.88. The van der Waals surface area contributed by atoms with Gasteiger partial charge in [0, 0.05) is 20.0 Å². The van der Waals surface area contributed by atoms with Crippen LogP contribution in [0.4, 0.5) is 5.82 Å². The summed E-state index contributed by atoms with van der Waals surface area (Å²) in [4.78, 5) is 42.0. The number of esters is 2. The molecule has 184 valence electrons. The first-order chi connectivity index (χ1) is 16.6. The van der Waals surface area contributed by atoms with E-state index in [2.05, 4.69) is 9.71 Å². The fourth-order valence-electron chi connectivity index (χ4n) is 3.41. The second-order valence-electron chi connectivity index (χ2n) is 7.78. The molecule has 0 bridgehead atoms. The van der Waals surface area contributed by atoms with E-state index in [4.69, 9.17) is 9.47 Å². The molecule has 11 nitrogen and oxygen atoms in total. The molecule has 12 heteroatoms. The predicted octanol–water partition coefficient (Wildman–Crippen LogP) is 1.28. The van der Waals surface area contributed by atoms with Crippen molar-refractivity contribution in [2.45, 2.75) is 26.2 Å². The van der Waals surface area contributed by atoms with Gasteiger partial charge < -0.3 is 14.4 Å². The molecule has 35 heavy (non-hydrogen) atoms. The van der Waals surface area contributed by atoms with E-state index in [1.807, 2.05) is 6.07 Å². The van der Waals surface area contributed by atoms with Crippen molar-refractivity contribution in [1.82, 2.24) is 9.71 Å². The number of sulfonamides is 1. The Morgan fingerprint density at radius 2 is 1.89 bits per heavy atom. The Kier molecular flexibility index (Phi) is 8.03. The summed E-state index contributed by atoms with van der Waals surface area (Å²) >= 11 is 0. The number of aromatic nitrogens is 1. The number of benzene rings is 1. The Labute approximate surface area is 202 Å². The zero-order chi connectivity index (χ0) is 25.6. The number of anilines is 1. The number of ether oxygens (including phenoxy) is 2. The smallest absolute Gasteiger partial charge is 0.340 e. The molecule has 1 aromatic carbocycles. The van der Waals surface area contributed by atoms with Crippen LogP contribution in [-0.4, -0.2) is 50.9 Å². The summed E-state index contributed by atoms with van der Waals surface area (Å²) in [5.74, 6) is -2.72. The molecule has 1 amide bonds. The van der Waals surface area contributed by atoms with Gasteiger partial charge in [-0.3, -0.25) is 14.3 Å². The molecule has 1 N–H and O–H groups in total. The molecule has 0 unspecified atom stereocenters. The summed E-state index contributed by atoms with van der Waals surface area (Å²) in [6.45, 7) is 2.85. The number of nitriles is 1. The molecular weight excluding hydrogens is 476 g/mol. The SMILES string of the molecule is CCOC(=O)c1cc(C#N)c(N2CC(C(=O)NS(=O)(=O)Cc3ccccc3)C2)nc1COC(C)=O. The maximum atomic E-state index is 12.5. The Balaban J connectivity index is 1.73. The highest BCUT2D eigenvalue weighted by molar-refractivity contribution is 7.89. The van der Waals surface area contributed by atoms with Gasteiger partial charge in [0.25, 0.3) is 0 Å². The molecule has 2 aromatic rings. The van der Waals surface area contributed by atoms with Crippen LogP contribution in [0.15, 0.2) is 36.4 Å². The fourth-order valence-corrected chi connectivity index (χ4v) is 4.59. The molecule has 1 aliphatic rings. The number of carbonyl (C=O) groups excluding carboxylic acids is 3. The van der Waals surface area contributed by atoms with Gasteiger partial charge in [-0.1, -0.05) is 30.3 Å². The van der Waals surface area contributed by atoms with Gasteiger partial charge in [0.2, 0.25) is 15.9 Å². The molecule has 3 rings (SSSR count). The largest absolute Gasteiger partial charge is 0.462 e. The molecule has 1 aliphatic heterocycles. The van der Waals surface area contributed by atoms with Gasteiger partial charge in [0.15, 0.2) is 0 Å². The van der Waals surface area contributed by atoms with E-state index in [9.17, 15) is 28.1 Å². The lowest BCUT2D eigenvalue weighted by atomic mass is 9.98. The van der Waals surface area contributed by atoms with Crippen LogP contribution in [0.25, 0.3) is 0 Å². The van der Waals surface area contributed by atoms with Gasteiger partial charge in [0.1, 0.15) is 18.5 Å². The molecule has 1 saturated heterocycles. The average molecular weight is 501 g/mol. The lowest BCUT2D eigenvalue weighted by Gasteiger charge is -2.39. The number of pyridine rings is 1. The molecule has 0 atom stereocenters. The van der Waals surface area contributed by atoms with E-state index < -0.39 is 33.8 Å². The number of nitrogens with one attached hydrogen (secondary N) is 1. The van der Waals surface area contributed by atoms with Crippen molar-refractivity contribution in [2.75, 3.05) is 24.6 Å². The maximum Gasteiger partial charge on any atom is 0.340 e. The third-order valence-electron chi connectivity index (χ3n) is 5.12. The van der Waals surface area contributed by atoms with Gasteiger partial charge in [-0.25, -0.2) is 18.2 Å². The van der Waals surface area contributed by atoms with Crippen LogP contribution >= 0.6 is 0 Å². The molecule has 0 aliphatic carbocycles. The van der Waals surface area contributed by atoms with Crippen molar-refractivity contribution < 1.29 is 32.3 Å². The van der Waals surface area contributed by atoms with Crippen LogP contribution in [0.5, 0.6) is 0 Å². The quantitative estimate of drug-likeness (QED) is 0.498. The second kappa shape index (κ2) is 11.0. The highest BCUT2D eigenvalue weighted by Crippen LogP contribution is 2.29. The average Bonchev–Trinajstić information content (AvgIpc) is 2.76. The summed E-state index contributed by atoms with van der Waals surface area (Å²) in [5.41, 5.74) is 0.712. The monoisotopic (exact) mass is 500 g/mol. The fraction of sp³-hybridized carbons (Fsp3) is 0.348. The molecule has 2 heterocycles. The first kappa shape index (κ1) is 25.6. The molecule has 0 saturated carbocycles. The second-order valence-corrected chi connectivity index (χ2v) is 9.50. The minimum Gasteiger partial charge on any atom is -0.462 e. The van der Waals surface area contributed by atoms with Crippen molar-refractivity contribution >= 4 is 33.7 Å². The first-order valence-electron chi connectivity index (χ1n) is 10.7. The number of hydrogen-bond acceptors (Lipinski definition) is 10. The summed E-state index contributed by atoms with van der Waals surface area (Å²) in [6.07, 6.45) is 0. The number of carbonyl (C=O) groups is 3. The van der Waals surface area contributed by atoms with Crippen molar-refractivity contribution in [3.8, 4) is 6.07 Å². The van der Waals surface area contributed by atoms with Crippen LogP contribution < -0.4 is 9.62 Å². The standard InChI is InChI=1S/C23H24N4O7S/c1-3-33-23(30)19-9-17(10-24)21(25-20(19)13-34-15(2)28)27-11-18(12-27)22(29)26-35(31,32)14-16-7-5-4-6-8-16/h4-9,18H,3,11-14H2,1-2H3,(H,26,29). The van der Waals surface area contributed by atoms with Crippen molar-refractivity contribution in [3.63, 3.8) is 0 Å². The summed E-state index contributed by atoms with van der Waals surface area (Å²) in [6, 6.07) is 11.7. The Bertz CT molecular complexity index is 1270. The topological polar surface area (TPSA) is 156 Å². The van der Waals surface area contributed by atoms with E-state index in [1.165, 1.54) is 13.0 Å².